The predicted molar refractivity (Wildman–Crippen MR) is 84.2 cm³/mol. The Balaban J connectivity index is 1.89. The van der Waals surface area contributed by atoms with E-state index in [1.165, 1.54) is 52.1 Å². The third-order valence-corrected chi connectivity index (χ3v) is 6.87. The third-order valence-electron chi connectivity index (χ3n) is 6.87. The van der Waals surface area contributed by atoms with Crippen LogP contribution in [0.1, 0.15) is 64.2 Å². The van der Waals surface area contributed by atoms with Gasteiger partial charge in [-0.05, 0) is 44.1 Å². The van der Waals surface area contributed by atoms with Gasteiger partial charge >= 0.3 is 5.97 Å². The molecule has 0 radical (unpaired) electrons. The highest BCUT2D eigenvalue weighted by Crippen LogP contribution is 2.81. The van der Waals surface area contributed by atoms with Gasteiger partial charge in [-0.2, -0.15) is 0 Å². The smallest absolute Gasteiger partial charge is 0.334 e. The Morgan fingerprint density at radius 1 is 1.00 bits per heavy atom. The van der Waals surface area contributed by atoms with Crippen LogP contribution in [0.3, 0.4) is 0 Å². The van der Waals surface area contributed by atoms with Gasteiger partial charge in [0.15, 0.2) is 0 Å². The first kappa shape index (κ1) is 14.5. The molecule has 4 aliphatic carbocycles. The van der Waals surface area contributed by atoms with Crippen LogP contribution in [-0.4, -0.2) is 24.8 Å². The summed E-state index contributed by atoms with van der Waals surface area (Å²) in [5.41, 5.74) is 4.96. The second-order valence-electron chi connectivity index (χ2n) is 7.39. The van der Waals surface area contributed by atoms with Gasteiger partial charge < -0.3 is 9.84 Å². The lowest BCUT2D eigenvalue weighted by atomic mass is 9.31. The standard InChI is InChI=1S/C19H26O3/c1-22-17(21)16-15(12-20)18-10-6-3-7-11-19(16,18)14-9-5-2-4-8-13(14)18/h20H,2-12H2,1H3/t18-,19+/m0/s1. The number of allylic oxidation sites excluding steroid dienone is 2. The minimum atomic E-state index is -0.197. The van der Waals surface area contributed by atoms with Gasteiger partial charge in [-0.1, -0.05) is 36.8 Å². The molecule has 1 saturated carbocycles. The first-order valence-corrected chi connectivity index (χ1v) is 8.90. The lowest BCUT2D eigenvalue weighted by Gasteiger charge is -2.70. The Labute approximate surface area is 132 Å². The SMILES string of the molecule is COC(=O)C1=C(CO)[C@@]23CCCCC[C@@]12C1=C3CCCCC1. The second-order valence-corrected chi connectivity index (χ2v) is 7.39. The summed E-state index contributed by atoms with van der Waals surface area (Å²) in [6.45, 7) is 0.0168. The Kier molecular flexibility index (Phi) is 3.26. The molecule has 4 aliphatic rings. The van der Waals surface area contributed by atoms with Gasteiger partial charge in [0, 0.05) is 10.8 Å². The molecule has 0 unspecified atom stereocenters. The molecule has 1 N–H and O–H groups in total. The normalized spacial score (nSPS) is 37.0. The highest BCUT2D eigenvalue weighted by Gasteiger charge is 2.74. The van der Waals surface area contributed by atoms with Crippen molar-refractivity contribution in [1.82, 2.24) is 0 Å². The van der Waals surface area contributed by atoms with Gasteiger partial charge in [-0.15, -0.1) is 0 Å². The summed E-state index contributed by atoms with van der Waals surface area (Å²) in [5, 5.41) is 10.0. The zero-order chi connectivity index (χ0) is 15.4. The van der Waals surface area contributed by atoms with E-state index in [9.17, 15) is 9.90 Å². The molecule has 0 spiro atoms. The van der Waals surface area contributed by atoms with Crippen LogP contribution in [0.25, 0.3) is 0 Å². The van der Waals surface area contributed by atoms with Gasteiger partial charge in [-0.25, -0.2) is 4.79 Å². The molecule has 120 valence electrons. The summed E-state index contributed by atoms with van der Waals surface area (Å²) >= 11 is 0. The summed E-state index contributed by atoms with van der Waals surface area (Å²) in [6, 6.07) is 0. The summed E-state index contributed by atoms with van der Waals surface area (Å²) in [4.78, 5) is 12.5. The van der Waals surface area contributed by atoms with Crippen molar-refractivity contribution in [2.45, 2.75) is 64.2 Å². The van der Waals surface area contributed by atoms with E-state index in [2.05, 4.69) is 0 Å². The fourth-order valence-electron chi connectivity index (χ4n) is 6.26. The lowest BCUT2D eigenvalue weighted by molar-refractivity contribution is -0.141. The van der Waals surface area contributed by atoms with Gasteiger partial charge in [-0.3, -0.25) is 0 Å². The van der Waals surface area contributed by atoms with Gasteiger partial charge in [0.2, 0.25) is 0 Å². The second kappa shape index (κ2) is 4.95. The number of aliphatic hydroxyl groups excluding tert-OH is 1. The van der Waals surface area contributed by atoms with Crippen LogP contribution in [0, 0.1) is 10.8 Å². The van der Waals surface area contributed by atoms with Crippen molar-refractivity contribution in [1.29, 1.82) is 0 Å². The maximum absolute atomic E-state index is 12.5. The number of esters is 1. The molecule has 22 heavy (non-hydrogen) atoms. The van der Waals surface area contributed by atoms with E-state index in [1.807, 2.05) is 0 Å². The van der Waals surface area contributed by atoms with Crippen molar-refractivity contribution < 1.29 is 14.6 Å². The van der Waals surface area contributed by atoms with Crippen LogP contribution >= 0.6 is 0 Å². The fraction of sp³-hybridized carbons (Fsp3) is 0.737. The van der Waals surface area contributed by atoms with Crippen LogP contribution in [0.2, 0.25) is 0 Å². The van der Waals surface area contributed by atoms with Crippen molar-refractivity contribution in [2.75, 3.05) is 13.7 Å². The number of hydrogen-bond acceptors (Lipinski definition) is 3. The van der Waals surface area contributed by atoms with Crippen molar-refractivity contribution in [3.05, 3.63) is 22.3 Å². The molecule has 0 aliphatic heterocycles. The van der Waals surface area contributed by atoms with E-state index in [-0.39, 0.29) is 23.4 Å². The number of rotatable bonds is 2. The molecule has 0 amide bonds. The molecule has 0 bridgehead atoms. The average molecular weight is 302 g/mol. The zero-order valence-electron chi connectivity index (χ0n) is 13.5. The fourth-order valence-corrected chi connectivity index (χ4v) is 6.26. The summed E-state index contributed by atoms with van der Waals surface area (Å²) in [6.07, 6.45) is 12.0. The van der Waals surface area contributed by atoms with Crippen molar-refractivity contribution in [3.63, 3.8) is 0 Å². The monoisotopic (exact) mass is 302 g/mol. The van der Waals surface area contributed by atoms with E-state index >= 15 is 0 Å². The molecular formula is C19H26O3. The average Bonchev–Trinajstić information content (AvgIpc) is 2.81. The zero-order valence-corrected chi connectivity index (χ0v) is 13.5. The number of hydrogen-bond donors (Lipinski definition) is 1. The van der Waals surface area contributed by atoms with Crippen LogP contribution in [-0.2, 0) is 9.53 Å². The van der Waals surface area contributed by atoms with E-state index in [0.29, 0.717) is 0 Å². The van der Waals surface area contributed by atoms with E-state index in [4.69, 9.17) is 4.74 Å². The number of carbonyl (C=O) groups is 1. The first-order valence-electron chi connectivity index (χ1n) is 8.90. The quantitative estimate of drug-likeness (QED) is 0.625. The molecule has 0 aromatic rings. The number of methoxy groups -OCH3 is 1. The minimum Gasteiger partial charge on any atom is -0.466 e. The molecule has 3 nitrogen and oxygen atoms in total. The third kappa shape index (κ3) is 1.40. The van der Waals surface area contributed by atoms with E-state index < -0.39 is 0 Å². The lowest BCUT2D eigenvalue weighted by Crippen LogP contribution is -2.65. The number of aliphatic hydroxyl groups is 1. The molecule has 3 heteroatoms. The molecule has 0 aromatic carbocycles. The molecule has 2 atom stereocenters. The summed E-state index contributed by atoms with van der Waals surface area (Å²) in [5.74, 6) is -0.197. The molecule has 0 saturated heterocycles. The Hall–Kier alpha value is -1.09. The van der Waals surface area contributed by atoms with Gasteiger partial charge in [0.25, 0.3) is 0 Å². The number of carbonyl (C=O) groups excluding carboxylic acids is 1. The highest BCUT2D eigenvalue weighted by atomic mass is 16.5. The Morgan fingerprint density at radius 2 is 1.59 bits per heavy atom. The van der Waals surface area contributed by atoms with Crippen LogP contribution < -0.4 is 0 Å². The topological polar surface area (TPSA) is 46.5 Å². The van der Waals surface area contributed by atoms with Crippen molar-refractivity contribution in [3.8, 4) is 0 Å². The molecule has 1 fully saturated rings. The van der Waals surface area contributed by atoms with E-state index in [0.717, 1.165) is 30.4 Å². The van der Waals surface area contributed by atoms with Gasteiger partial charge in [0.05, 0.1) is 19.3 Å². The Bertz CT molecular complexity index is 585. The maximum atomic E-state index is 12.5. The van der Waals surface area contributed by atoms with Gasteiger partial charge in [0.1, 0.15) is 0 Å². The summed E-state index contributed by atoms with van der Waals surface area (Å²) in [7, 11) is 1.47. The van der Waals surface area contributed by atoms with E-state index in [1.54, 1.807) is 11.1 Å². The van der Waals surface area contributed by atoms with Crippen LogP contribution in [0.5, 0.6) is 0 Å². The Morgan fingerprint density at radius 3 is 2.23 bits per heavy atom. The molecule has 0 aromatic heterocycles. The number of ether oxygens (including phenoxy) is 1. The van der Waals surface area contributed by atoms with Crippen molar-refractivity contribution >= 4 is 5.97 Å². The highest BCUT2D eigenvalue weighted by molar-refractivity contribution is 5.98. The largest absolute Gasteiger partial charge is 0.466 e. The molecule has 0 heterocycles. The summed E-state index contributed by atoms with van der Waals surface area (Å²) < 4.78 is 5.10. The molecule has 4 rings (SSSR count). The first-order chi connectivity index (χ1) is 10.7. The minimum absolute atomic E-state index is 0.0168. The van der Waals surface area contributed by atoms with Crippen LogP contribution in [0.15, 0.2) is 22.3 Å². The predicted octanol–water partition coefficient (Wildman–Crippen LogP) is 3.67. The maximum Gasteiger partial charge on any atom is 0.334 e. The van der Waals surface area contributed by atoms with Crippen molar-refractivity contribution in [2.24, 2.45) is 10.8 Å². The van der Waals surface area contributed by atoms with Crippen LogP contribution in [0.4, 0.5) is 0 Å². The molecular weight excluding hydrogens is 276 g/mol.